The summed E-state index contributed by atoms with van der Waals surface area (Å²) < 4.78 is 26.8. The molecule has 2 aromatic heterocycles. The maximum atomic E-state index is 12.7. The van der Waals surface area contributed by atoms with Crippen molar-refractivity contribution < 1.29 is 18.3 Å². The number of piperidine rings is 1. The summed E-state index contributed by atoms with van der Waals surface area (Å²) in [5, 5.41) is 12.8. The molecular weight excluding hydrogens is 440 g/mol. The number of anilines is 1. The van der Waals surface area contributed by atoms with Crippen molar-refractivity contribution in [2.45, 2.75) is 44.6 Å². The molecule has 3 N–H and O–H groups in total. The van der Waals surface area contributed by atoms with E-state index in [4.69, 9.17) is 0 Å². The Morgan fingerprint density at radius 1 is 1.35 bits per heavy atom. The molecule has 1 aliphatic rings. The van der Waals surface area contributed by atoms with E-state index in [-0.39, 0.29) is 34.3 Å². The minimum atomic E-state index is -3.75. The van der Waals surface area contributed by atoms with Crippen LogP contribution in [0.15, 0.2) is 28.2 Å². The molecule has 0 aliphatic carbocycles. The van der Waals surface area contributed by atoms with Gasteiger partial charge in [0.15, 0.2) is 0 Å². The van der Waals surface area contributed by atoms with Gasteiger partial charge in [0.25, 0.3) is 0 Å². The van der Waals surface area contributed by atoms with Gasteiger partial charge in [0, 0.05) is 30.7 Å². The van der Waals surface area contributed by atoms with Crippen LogP contribution in [-0.2, 0) is 10.0 Å². The van der Waals surface area contributed by atoms with E-state index in [2.05, 4.69) is 27.1 Å². The van der Waals surface area contributed by atoms with Gasteiger partial charge in [-0.25, -0.2) is 23.0 Å². The van der Waals surface area contributed by atoms with Gasteiger partial charge in [-0.3, -0.25) is 0 Å². The summed E-state index contributed by atoms with van der Waals surface area (Å²) in [6.07, 6.45) is 3.20. The van der Waals surface area contributed by atoms with Gasteiger partial charge >= 0.3 is 11.7 Å². The Bertz CT molecular complexity index is 1170. The Hall–Kier alpha value is -2.68. The summed E-state index contributed by atoms with van der Waals surface area (Å²) in [5.74, 6) is 5.11. The third kappa shape index (κ3) is 5.72. The lowest BCUT2D eigenvalue weighted by Gasteiger charge is -2.31. The molecule has 0 amide bonds. The third-order valence-electron chi connectivity index (χ3n) is 4.59. The number of H-pyrrole nitrogens is 1. The molecule has 11 heteroatoms. The van der Waals surface area contributed by atoms with E-state index in [1.165, 1.54) is 4.31 Å². The monoisotopic (exact) mass is 464 g/mol. The highest BCUT2D eigenvalue weighted by atomic mass is 32.2. The molecule has 3 heterocycles. The van der Waals surface area contributed by atoms with Crippen molar-refractivity contribution in [2.24, 2.45) is 5.41 Å². The maximum absolute atomic E-state index is 12.7. The third-order valence-corrected chi connectivity index (χ3v) is 7.49. The van der Waals surface area contributed by atoms with E-state index in [1.807, 2.05) is 20.8 Å². The second-order valence-corrected chi connectivity index (χ2v) is 11.2. The van der Waals surface area contributed by atoms with Crippen molar-refractivity contribution in [1.82, 2.24) is 14.3 Å². The van der Waals surface area contributed by atoms with Crippen LogP contribution in [0.2, 0.25) is 0 Å². The van der Waals surface area contributed by atoms with Crippen molar-refractivity contribution in [3.63, 3.8) is 0 Å². The van der Waals surface area contributed by atoms with Crippen LogP contribution in [0.1, 0.15) is 48.2 Å². The van der Waals surface area contributed by atoms with Crippen LogP contribution in [0.4, 0.5) is 5.69 Å². The standard InChI is InChI=1S/C20H24N4O5S2/c1-20(2,3)7-4-14-10-16(17(30-14)18(25)26)23-13-5-8-24(9-6-13)31(28,29)15-11-21-19(27)22-12-15/h10-13,23H,5-6,8-9H2,1-3H3,(H,25,26)(H,21,22,27). The van der Waals surface area contributed by atoms with Crippen molar-refractivity contribution in [2.75, 3.05) is 18.4 Å². The summed E-state index contributed by atoms with van der Waals surface area (Å²) in [4.78, 5) is 29.3. The number of sulfonamides is 1. The van der Waals surface area contributed by atoms with Gasteiger partial charge < -0.3 is 15.4 Å². The number of carboxylic acid groups (broad SMARTS) is 1. The lowest BCUT2D eigenvalue weighted by molar-refractivity contribution is 0.0703. The number of rotatable bonds is 5. The number of aromatic nitrogens is 2. The molecule has 2 aromatic rings. The quantitative estimate of drug-likeness (QED) is 0.578. The van der Waals surface area contributed by atoms with Crippen LogP contribution >= 0.6 is 11.3 Å². The molecule has 31 heavy (non-hydrogen) atoms. The average molecular weight is 465 g/mol. The van der Waals surface area contributed by atoms with Crippen molar-refractivity contribution in [3.05, 3.63) is 38.7 Å². The number of hydrogen-bond acceptors (Lipinski definition) is 7. The van der Waals surface area contributed by atoms with Gasteiger partial charge in [-0.15, -0.1) is 11.3 Å². The smallest absolute Gasteiger partial charge is 0.348 e. The topological polar surface area (TPSA) is 132 Å². The Balaban J connectivity index is 1.70. The fourth-order valence-electron chi connectivity index (χ4n) is 3.05. The minimum Gasteiger partial charge on any atom is -0.477 e. The maximum Gasteiger partial charge on any atom is 0.348 e. The first-order chi connectivity index (χ1) is 14.5. The van der Waals surface area contributed by atoms with E-state index < -0.39 is 21.7 Å². The first-order valence-corrected chi connectivity index (χ1v) is 11.9. The molecule has 0 saturated carbocycles. The molecule has 0 unspecified atom stereocenters. The highest BCUT2D eigenvalue weighted by Gasteiger charge is 2.30. The van der Waals surface area contributed by atoms with E-state index in [0.717, 1.165) is 23.7 Å². The van der Waals surface area contributed by atoms with E-state index in [0.29, 0.717) is 23.4 Å². The van der Waals surface area contributed by atoms with Gasteiger partial charge in [-0.05, 0) is 39.7 Å². The van der Waals surface area contributed by atoms with Gasteiger partial charge in [0.2, 0.25) is 10.0 Å². The fourth-order valence-corrected chi connectivity index (χ4v) is 5.25. The predicted octanol–water partition coefficient (Wildman–Crippen LogP) is 2.19. The number of carbonyl (C=O) groups is 1. The predicted molar refractivity (Wildman–Crippen MR) is 118 cm³/mol. The molecule has 0 bridgehead atoms. The summed E-state index contributed by atoms with van der Waals surface area (Å²) in [6.45, 7) is 6.48. The lowest BCUT2D eigenvalue weighted by atomic mass is 9.98. The van der Waals surface area contributed by atoms with Crippen LogP contribution in [0.3, 0.4) is 0 Å². The van der Waals surface area contributed by atoms with Gasteiger partial charge in [-0.1, -0.05) is 11.8 Å². The molecule has 0 spiro atoms. The van der Waals surface area contributed by atoms with Crippen LogP contribution < -0.4 is 11.0 Å². The number of hydrogen-bond donors (Lipinski definition) is 3. The molecule has 3 rings (SSSR count). The van der Waals surface area contributed by atoms with Crippen LogP contribution in [-0.4, -0.2) is 52.9 Å². The molecule has 0 atom stereocenters. The Labute approximate surface area is 184 Å². The van der Waals surface area contributed by atoms with Crippen molar-refractivity contribution in [1.29, 1.82) is 0 Å². The normalized spacial score (nSPS) is 15.8. The number of thiophene rings is 1. The number of carboxylic acids is 1. The van der Waals surface area contributed by atoms with Gasteiger partial charge in [0.05, 0.1) is 16.8 Å². The SMILES string of the molecule is CC(C)(C)C#Cc1cc(NC2CCN(S(=O)(=O)c3cnc(=O)[nH]c3)CC2)c(C(=O)O)s1. The highest BCUT2D eigenvalue weighted by molar-refractivity contribution is 7.89. The second kappa shape index (κ2) is 8.82. The first kappa shape index (κ1) is 23.0. The van der Waals surface area contributed by atoms with E-state index >= 15 is 0 Å². The number of aromatic amines is 1. The Morgan fingerprint density at radius 3 is 2.58 bits per heavy atom. The average Bonchev–Trinajstić information content (AvgIpc) is 3.10. The lowest BCUT2D eigenvalue weighted by Crippen LogP contribution is -2.42. The van der Waals surface area contributed by atoms with Gasteiger partial charge in [-0.2, -0.15) is 4.31 Å². The molecule has 1 saturated heterocycles. The van der Waals surface area contributed by atoms with E-state index in [1.54, 1.807) is 6.07 Å². The largest absolute Gasteiger partial charge is 0.477 e. The molecule has 1 aliphatic heterocycles. The molecule has 166 valence electrons. The van der Waals surface area contributed by atoms with Crippen molar-refractivity contribution >= 4 is 33.0 Å². The summed E-state index contributed by atoms with van der Waals surface area (Å²) in [7, 11) is -3.75. The van der Waals surface area contributed by atoms with Crippen LogP contribution in [0.25, 0.3) is 0 Å². The molecule has 9 nitrogen and oxygen atoms in total. The highest BCUT2D eigenvalue weighted by Crippen LogP contribution is 2.30. The van der Waals surface area contributed by atoms with E-state index in [9.17, 15) is 23.1 Å². The number of aromatic carboxylic acids is 1. The molecule has 1 fully saturated rings. The van der Waals surface area contributed by atoms with Crippen molar-refractivity contribution in [3.8, 4) is 11.8 Å². The molecular formula is C20H24N4O5S2. The first-order valence-electron chi connectivity index (χ1n) is 9.67. The Morgan fingerprint density at radius 2 is 2.03 bits per heavy atom. The Kier molecular flexibility index (Phi) is 6.54. The fraction of sp³-hybridized carbons (Fsp3) is 0.450. The van der Waals surface area contributed by atoms with Crippen LogP contribution in [0, 0.1) is 17.3 Å². The van der Waals surface area contributed by atoms with Crippen LogP contribution in [0.5, 0.6) is 0 Å². The summed E-state index contributed by atoms with van der Waals surface area (Å²) in [6, 6.07) is 1.67. The zero-order valence-corrected chi connectivity index (χ0v) is 19.1. The molecule has 0 aromatic carbocycles. The van der Waals surface area contributed by atoms with Gasteiger partial charge in [0.1, 0.15) is 9.77 Å². The minimum absolute atomic E-state index is 0.0634. The zero-order chi connectivity index (χ0) is 22.8. The number of nitrogens with one attached hydrogen (secondary N) is 2. The second-order valence-electron chi connectivity index (χ2n) is 8.24. The molecule has 0 radical (unpaired) electrons. The zero-order valence-electron chi connectivity index (χ0n) is 17.4. The summed E-state index contributed by atoms with van der Waals surface area (Å²) >= 11 is 1.12. The number of nitrogens with zero attached hydrogens (tertiary/aromatic N) is 2. The summed E-state index contributed by atoms with van der Waals surface area (Å²) in [5.41, 5.74) is -0.305.